The van der Waals surface area contributed by atoms with Crippen molar-refractivity contribution in [1.29, 1.82) is 0 Å². The summed E-state index contributed by atoms with van der Waals surface area (Å²) in [4.78, 5) is 10.1. The van der Waals surface area contributed by atoms with Gasteiger partial charge < -0.3 is 10.6 Å². The van der Waals surface area contributed by atoms with Crippen LogP contribution in [0.4, 0.5) is 0 Å². The molecule has 4 nitrogen and oxygen atoms in total. The molecule has 2 rings (SSSR count). The first-order valence-corrected chi connectivity index (χ1v) is 9.13. The van der Waals surface area contributed by atoms with E-state index in [0.717, 1.165) is 35.7 Å². The van der Waals surface area contributed by atoms with Crippen molar-refractivity contribution in [2.45, 2.75) is 59.9 Å². The zero-order valence-corrected chi connectivity index (χ0v) is 18.2. The fourth-order valence-corrected chi connectivity index (χ4v) is 4.27. The number of aliphatic imine (C=N–C) groups is 1. The van der Waals surface area contributed by atoms with Gasteiger partial charge in [0.15, 0.2) is 5.96 Å². The molecule has 132 valence electrons. The average molecular weight is 450 g/mol. The zero-order valence-electron chi connectivity index (χ0n) is 15.0. The molecule has 1 aromatic heterocycles. The molecule has 0 unspecified atom stereocenters. The Kier molecular flexibility index (Phi) is 8.27. The highest BCUT2D eigenvalue weighted by atomic mass is 127. The van der Waals surface area contributed by atoms with Gasteiger partial charge >= 0.3 is 0 Å². The third-order valence-corrected chi connectivity index (χ3v) is 5.60. The van der Waals surface area contributed by atoms with E-state index in [-0.39, 0.29) is 24.0 Å². The van der Waals surface area contributed by atoms with Crippen molar-refractivity contribution in [2.75, 3.05) is 13.6 Å². The number of guanidine groups is 1. The maximum atomic E-state index is 4.47. The van der Waals surface area contributed by atoms with Crippen molar-refractivity contribution in [3.63, 3.8) is 0 Å². The zero-order chi connectivity index (χ0) is 16.2. The molecule has 0 spiro atoms. The van der Waals surface area contributed by atoms with E-state index in [1.165, 1.54) is 30.6 Å². The summed E-state index contributed by atoms with van der Waals surface area (Å²) in [6, 6.07) is 0. The van der Waals surface area contributed by atoms with Crippen molar-refractivity contribution in [3.8, 4) is 0 Å². The predicted molar refractivity (Wildman–Crippen MR) is 111 cm³/mol. The van der Waals surface area contributed by atoms with Crippen molar-refractivity contribution in [1.82, 2.24) is 15.6 Å². The fourth-order valence-electron chi connectivity index (χ4n) is 3.39. The Hall–Kier alpha value is -0.370. The van der Waals surface area contributed by atoms with Gasteiger partial charge in [-0.05, 0) is 44.4 Å². The summed E-state index contributed by atoms with van der Waals surface area (Å²) in [6.45, 7) is 10.6. The molecule has 0 aliphatic heterocycles. The second-order valence-corrected chi connectivity index (χ2v) is 8.26. The van der Waals surface area contributed by atoms with Crippen LogP contribution in [0.1, 0.15) is 55.1 Å². The number of nitrogens with zero attached hydrogens (tertiary/aromatic N) is 2. The molecular weight excluding hydrogens is 419 g/mol. The molecule has 1 fully saturated rings. The molecule has 1 aliphatic carbocycles. The molecule has 6 heteroatoms. The first-order chi connectivity index (χ1) is 10.4. The molecule has 0 atom stereocenters. The number of hydrogen-bond acceptors (Lipinski definition) is 3. The summed E-state index contributed by atoms with van der Waals surface area (Å²) in [7, 11) is 1.84. The van der Waals surface area contributed by atoms with Crippen LogP contribution in [0.15, 0.2) is 4.99 Å². The lowest BCUT2D eigenvalue weighted by atomic mass is 9.64. The van der Waals surface area contributed by atoms with E-state index in [4.69, 9.17) is 0 Å². The molecule has 1 heterocycles. The number of thiazole rings is 1. The van der Waals surface area contributed by atoms with Crippen molar-refractivity contribution in [3.05, 3.63) is 15.6 Å². The van der Waals surface area contributed by atoms with Crippen molar-refractivity contribution in [2.24, 2.45) is 16.3 Å². The first-order valence-electron chi connectivity index (χ1n) is 8.31. The molecular formula is C17H31IN4S. The number of nitrogens with one attached hydrogen (secondary N) is 2. The fraction of sp³-hybridized carbons (Fsp3) is 0.765. The maximum absolute atomic E-state index is 4.47. The summed E-state index contributed by atoms with van der Waals surface area (Å²) in [5, 5.41) is 8.09. The topological polar surface area (TPSA) is 49.3 Å². The van der Waals surface area contributed by atoms with Gasteiger partial charge in [0.25, 0.3) is 0 Å². The second kappa shape index (κ2) is 9.20. The Labute approximate surface area is 162 Å². The van der Waals surface area contributed by atoms with Gasteiger partial charge in [0.2, 0.25) is 0 Å². The number of rotatable bonds is 6. The van der Waals surface area contributed by atoms with Crippen LogP contribution in [0.3, 0.4) is 0 Å². The normalized spacial score (nSPS) is 16.7. The minimum Gasteiger partial charge on any atom is -0.356 e. The van der Waals surface area contributed by atoms with Crippen LogP contribution in [0.25, 0.3) is 0 Å². The molecule has 1 saturated carbocycles. The molecule has 0 aromatic carbocycles. The lowest BCUT2D eigenvalue weighted by molar-refractivity contribution is 0.104. The Bertz CT molecular complexity index is 521. The summed E-state index contributed by atoms with van der Waals surface area (Å²) in [5.41, 5.74) is 1.61. The van der Waals surface area contributed by atoms with Gasteiger partial charge in [-0.2, -0.15) is 0 Å². The molecule has 0 radical (unpaired) electrons. The highest BCUT2D eigenvalue weighted by Gasteiger charge is 2.37. The van der Waals surface area contributed by atoms with Gasteiger partial charge in [0.05, 0.1) is 17.2 Å². The SMILES string of the molecule is CN=C(NCc1sc(C)nc1C)NCC1(CC(C)C)CCC1.I. The Morgan fingerprint density at radius 3 is 2.43 bits per heavy atom. The minimum absolute atomic E-state index is 0. The molecule has 0 amide bonds. The van der Waals surface area contributed by atoms with Gasteiger partial charge in [-0.15, -0.1) is 35.3 Å². The van der Waals surface area contributed by atoms with Crippen LogP contribution < -0.4 is 10.6 Å². The third kappa shape index (κ3) is 5.89. The monoisotopic (exact) mass is 450 g/mol. The van der Waals surface area contributed by atoms with Gasteiger partial charge in [-0.1, -0.05) is 20.3 Å². The van der Waals surface area contributed by atoms with E-state index in [9.17, 15) is 0 Å². The smallest absolute Gasteiger partial charge is 0.191 e. The van der Waals surface area contributed by atoms with Crippen molar-refractivity contribution < 1.29 is 0 Å². The molecule has 1 aromatic rings. The Morgan fingerprint density at radius 1 is 1.30 bits per heavy atom. The quantitative estimate of drug-likeness (QED) is 0.387. The highest BCUT2D eigenvalue weighted by Crippen LogP contribution is 2.45. The largest absolute Gasteiger partial charge is 0.356 e. The molecule has 1 aliphatic rings. The van der Waals surface area contributed by atoms with Crippen LogP contribution >= 0.6 is 35.3 Å². The summed E-state index contributed by atoms with van der Waals surface area (Å²) >= 11 is 1.76. The Morgan fingerprint density at radius 2 is 2.00 bits per heavy atom. The summed E-state index contributed by atoms with van der Waals surface area (Å²) < 4.78 is 0. The number of halogens is 1. The van der Waals surface area contributed by atoms with Crippen LogP contribution in [-0.4, -0.2) is 24.5 Å². The number of hydrogen-bond donors (Lipinski definition) is 2. The lowest BCUT2D eigenvalue weighted by Gasteiger charge is -2.43. The van der Waals surface area contributed by atoms with Crippen LogP contribution in [-0.2, 0) is 6.54 Å². The molecule has 0 bridgehead atoms. The minimum atomic E-state index is 0. The number of aryl methyl sites for hydroxylation is 2. The maximum Gasteiger partial charge on any atom is 0.191 e. The molecule has 0 saturated heterocycles. The third-order valence-electron chi connectivity index (χ3n) is 4.53. The van der Waals surface area contributed by atoms with Gasteiger partial charge in [-0.25, -0.2) is 4.98 Å². The van der Waals surface area contributed by atoms with Crippen LogP contribution in [0, 0.1) is 25.2 Å². The average Bonchev–Trinajstić information content (AvgIpc) is 2.73. The predicted octanol–water partition coefficient (Wildman–Crippen LogP) is 4.26. The van der Waals surface area contributed by atoms with E-state index >= 15 is 0 Å². The first kappa shape index (κ1) is 20.7. The van der Waals surface area contributed by atoms with Gasteiger partial charge in [0.1, 0.15) is 0 Å². The molecule has 2 N–H and O–H groups in total. The van der Waals surface area contributed by atoms with Crippen LogP contribution in [0.2, 0.25) is 0 Å². The second-order valence-electron chi connectivity index (χ2n) is 6.97. The highest BCUT2D eigenvalue weighted by molar-refractivity contribution is 14.0. The summed E-state index contributed by atoms with van der Waals surface area (Å²) in [6.07, 6.45) is 5.38. The van der Waals surface area contributed by atoms with E-state index in [2.05, 4.69) is 48.3 Å². The van der Waals surface area contributed by atoms with Gasteiger partial charge in [0, 0.05) is 18.5 Å². The van der Waals surface area contributed by atoms with E-state index in [1.54, 1.807) is 11.3 Å². The summed E-state index contributed by atoms with van der Waals surface area (Å²) in [5.74, 6) is 1.67. The van der Waals surface area contributed by atoms with Gasteiger partial charge in [-0.3, -0.25) is 4.99 Å². The van der Waals surface area contributed by atoms with E-state index in [1.807, 2.05) is 7.05 Å². The standard InChI is InChI=1S/C17H30N4S.HI/c1-12(2)9-17(7-6-8-17)11-20-16(18-5)19-10-15-13(3)21-14(4)22-15;/h12H,6-11H2,1-5H3,(H2,18,19,20);1H. The van der Waals surface area contributed by atoms with E-state index < -0.39 is 0 Å². The van der Waals surface area contributed by atoms with E-state index in [0.29, 0.717) is 5.41 Å². The lowest BCUT2D eigenvalue weighted by Crippen LogP contribution is -2.46. The molecule has 23 heavy (non-hydrogen) atoms. The van der Waals surface area contributed by atoms with Crippen LogP contribution in [0.5, 0.6) is 0 Å². The Balaban J connectivity index is 0.00000264. The number of aromatic nitrogens is 1. The van der Waals surface area contributed by atoms with Crippen molar-refractivity contribution >= 4 is 41.3 Å².